The van der Waals surface area contributed by atoms with E-state index in [0.717, 1.165) is 67.4 Å². The smallest absolute Gasteiger partial charge is 0.253 e. The fourth-order valence-electron chi connectivity index (χ4n) is 3.58. The Bertz CT molecular complexity index is 1120. The molecule has 0 bridgehead atoms. The van der Waals surface area contributed by atoms with Gasteiger partial charge < -0.3 is 20.4 Å². The SMILES string of the molecule is C1COCCN1.C=C(C=N)c1cnc2c(c1)CN(C(=C)/C(C)=C\c1nccc(=O)n1C)CC2.CCC. The molecule has 0 aromatic carbocycles. The average Bonchev–Trinajstić information content (AvgIpc) is 2.91. The molecule has 0 spiro atoms. The summed E-state index contributed by atoms with van der Waals surface area (Å²) in [5, 5.41) is 10.5. The van der Waals surface area contributed by atoms with Gasteiger partial charge in [0.05, 0.1) is 13.2 Å². The van der Waals surface area contributed by atoms with Crippen LogP contribution in [0.15, 0.2) is 53.7 Å². The molecule has 0 amide bonds. The number of nitrogens with zero attached hydrogens (tertiary/aromatic N) is 4. The average molecular weight is 493 g/mol. The Kier molecular flexibility index (Phi) is 12.0. The quantitative estimate of drug-likeness (QED) is 0.486. The van der Waals surface area contributed by atoms with Gasteiger partial charge in [-0.25, -0.2) is 4.98 Å². The van der Waals surface area contributed by atoms with Crippen molar-refractivity contribution in [2.24, 2.45) is 7.05 Å². The highest BCUT2D eigenvalue weighted by Gasteiger charge is 2.20. The van der Waals surface area contributed by atoms with Gasteiger partial charge in [-0.3, -0.25) is 14.3 Å². The van der Waals surface area contributed by atoms with Crippen LogP contribution in [0.2, 0.25) is 0 Å². The Morgan fingerprint density at radius 2 is 1.94 bits per heavy atom. The molecule has 4 heterocycles. The van der Waals surface area contributed by atoms with Crippen LogP contribution in [-0.2, 0) is 24.8 Å². The summed E-state index contributed by atoms with van der Waals surface area (Å²) >= 11 is 0. The van der Waals surface area contributed by atoms with E-state index < -0.39 is 0 Å². The van der Waals surface area contributed by atoms with Gasteiger partial charge in [0.1, 0.15) is 5.82 Å². The second-order valence-electron chi connectivity index (χ2n) is 8.71. The molecule has 0 unspecified atom stereocenters. The molecule has 0 radical (unpaired) electrons. The van der Waals surface area contributed by atoms with E-state index in [1.165, 1.54) is 29.5 Å². The van der Waals surface area contributed by atoms with E-state index in [2.05, 4.69) is 53.3 Å². The molecule has 1 fully saturated rings. The van der Waals surface area contributed by atoms with Crippen molar-refractivity contribution in [1.82, 2.24) is 24.8 Å². The summed E-state index contributed by atoms with van der Waals surface area (Å²) in [4.78, 5) is 22.8. The summed E-state index contributed by atoms with van der Waals surface area (Å²) in [6.07, 6.45) is 8.51. The number of pyridine rings is 1. The van der Waals surface area contributed by atoms with Crippen LogP contribution in [0.25, 0.3) is 11.6 Å². The predicted molar refractivity (Wildman–Crippen MR) is 148 cm³/mol. The van der Waals surface area contributed by atoms with Crippen LogP contribution in [0.5, 0.6) is 0 Å². The minimum Gasteiger partial charge on any atom is -0.379 e. The zero-order valence-electron chi connectivity index (χ0n) is 22.1. The highest BCUT2D eigenvalue weighted by atomic mass is 16.5. The molecule has 194 valence electrons. The van der Waals surface area contributed by atoms with Crippen LogP contribution in [0, 0.1) is 5.41 Å². The van der Waals surface area contributed by atoms with Gasteiger partial charge in [0.25, 0.3) is 5.56 Å². The van der Waals surface area contributed by atoms with Crippen molar-refractivity contribution in [3.05, 3.63) is 82.0 Å². The number of morpholine rings is 1. The highest BCUT2D eigenvalue weighted by molar-refractivity contribution is 6.07. The van der Waals surface area contributed by atoms with Gasteiger partial charge in [0.15, 0.2) is 0 Å². The number of allylic oxidation sites excluding steroid dienone is 2. The molecule has 2 aliphatic rings. The molecule has 2 N–H and O–H groups in total. The van der Waals surface area contributed by atoms with Crippen LogP contribution < -0.4 is 10.9 Å². The van der Waals surface area contributed by atoms with Gasteiger partial charge in [0, 0.05) is 81.3 Å². The first kappa shape index (κ1) is 28.9. The Balaban J connectivity index is 0.000000430. The predicted octanol–water partition coefficient (Wildman–Crippen LogP) is 3.84. The second-order valence-corrected chi connectivity index (χ2v) is 8.71. The number of hydrogen-bond donors (Lipinski definition) is 2. The van der Waals surface area contributed by atoms with Gasteiger partial charge in [-0.15, -0.1) is 0 Å². The summed E-state index contributed by atoms with van der Waals surface area (Å²) in [5.41, 5.74) is 5.48. The second kappa shape index (κ2) is 14.9. The largest absolute Gasteiger partial charge is 0.379 e. The van der Waals surface area contributed by atoms with E-state index >= 15 is 0 Å². The fraction of sp³-hybridized carbons (Fsp3) is 0.429. The van der Waals surface area contributed by atoms with Crippen LogP contribution in [0.1, 0.15) is 49.8 Å². The molecular weight excluding hydrogens is 452 g/mol. The number of fused-ring (bicyclic) bond motifs is 1. The van der Waals surface area contributed by atoms with Crippen LogP contribution in [-0.4, -0.2) is 58.5 Å². The molecule has 0 saturated carbocycles. The molecule has 0 aliphatic carbocycles. The van der Waals surface area contributed by atoms with E-state index in [-0.39, 0.29) is 5.56 Å². The maximum absolute atomic E-state index is 11.8. The molecule has 2 aromatic heterocycles. The first-order chi connectivity index (χ1) is 17.3. The van der Waals surface area contributed by atoms with Crippen molar-refractivity contribution in [1.29, 1.82) is 5.41 Å². The van der Waals surface area contributed by atoms with Crippen molar-refractivity contribution in [3.8, 4) is 0 Å². The fourth-order valence-corrected chi connectivity index (χ4v) is 3.58. The standard InChI is InChI=1S/C21H23N5O.C4H9NO.C3H8/c1-14(9-20-23-7-5-21(27)25(20)4)16(3)26-8-6-19-18(13-26)10-17(12-24-19)15(2)11-22;1-3-6-4-2-5-1;1-3-2/h5,7,9-12,22H,2-3,6,8,13H2,1,4H3;5H,1-4H2;3H2,1-2H3/b14-9-,22-11?;;. The Labute approximate surface area is 214 Å². The molecule has 8 heteroatoms. The maximum Gasteiger partial charge on any atom is 0.253 e. The van der Waals surface area contributed by atoms with Gasteiger partial charge in [-0.1, -0.05) is 33.4 Å². The molecule has 4 rings (SSSR count). The first-order valence-corrected chi connectivity index (χ1v) is 12.4. The number of ether oxygens (including phenoxy) is 1. The topological polar surface area (TPSA) is 96.1 Å². The van der Waals surface area contributed by atoms with E-state index in [0.29, 0.717) is 17.9 Å². The van der Waals surface area contributed by atoms with Crippen LogP contribution in [0.3, 0.4) is 0 Å². The maximum atomic E-state index is 11.8. The van der Waals surface area contributed by atoms with Crippen molar-refractivity contribution >= 4 is 17.9 Å². The minimum atomic E-state index is -0.0911. The molecule has 2 aromatic rings. The van der Waals surface area contributed by atoms with Gasteiger partial charge in [-0.2, -0.15) is 0 Å². The third-order valence-electron chi connectivity index (χ3n) is 5.71. The molecule has 36 heavy (non-hydrogen) atoms. The van der Waals surface area contributed by atoms with E-state index in [1.807, 2.05) is 13.0 Å². The van der Waals surface area contributed by atoms with Crippen molar-refractivity contribution < 1.29 is 4.74 Å². The van der Waals surface area contributed by atoms with Crippen molar-refractivity contribution in [2.45, 2.75) is 40.2 Å². The Morgan fingerprint density at radius 1 is 1.25 bits per heavy atom. The summed E-state index contributed by atoms with van der Waals surface area (Å²) in [6, 6.07) is 3.49. The van der Waals surface area contributed by atoms with Gasteiger partial charge >= 0.3 is 0 Å². The van der Waals surface area contributed by atoms with E-state index in [9.17, 15) is 4.79 Å². The number of hydrogen-bond acceptors (Lipinski definition) is 7. The summed E-state index contributed by atoms with van der Waals surface area (Å²) in [5.74, 6) is 0.602. The monoisotopic (exact) mass is 492 g/mol. The Morgan fingerprint density at radius 3 is 2.53 bits per heavy atom. The lowest BCUT2D eigenvalue weighted by Gasteiger charge is -2.32. The molecule has 0 atom stereocenters. The third kappa shape index (κ3) is 8.39. The van der Waals surface area contributed by atoms with Crippen molar-refractivity contribution in [2.75, 3.05) is 32.8 Å². The number of nitrogens with one attached hydrogen (secondary N) is 2. The molecule has 2 aliphatic heterocycles. The molecule has 1 saturated heterocycles. The van der Waals surface area contributed by atoms with E-state index in [4.69, 9.17) is 10.1 Å². The van der Waals surface area contributed by atoms with Crippen LogP contribution >= 0.6 is 0 Å². The minimum absolute atomic E-state index is 0.0911. The number of rotatable bonds is 5. The number of aromatic nitrogens is 3. The Hall–Kier alpha value is -3.36. The summed E-state index contributed by atoms with van der Waals surface area (Å²) in [6.45, 7) is 19.7. The lowest BCUT2D eigenvalue weighted by Crippen LogP contribution is -2.30. The zero-order chi connectivity index (χ0) is 26.5. The third-order valence-corrected chi connectivity index (χ3v) is 5.71. The lowest BCUT2D eigenvalue weighted by molar-refractivity contribution is 0.109. The van der Waals surface area contributed by atoms with Crippen molar-refractivity contribution in [3.63, 3.8) is 0 Å². The van der Waals surface area contributed by atoms with E-state index in [1.54, 1.807) is 13.2 Å². The van der Waals surface area contributed by atoms with Crippen LogP contribution in [0.4, 0.5) is 0 Å². The molecule has 8 nitrogen and oxygen atoms in total. The molecular formula is C28H40N6O2. The van der Waals surface area contributed by atoms with Gasteiger partial charge in [0.2, 0.25) is 0 Å². The summed E-state index contributed by atoms with van der Waals surface area (Å²) in [7, 11) is 1.71. The van der Waals surface area contributed by atoms with Gasteiger partial charge in [-0.05, 0) is 35.8 Å². The normalized spacial score (nSPS) is 14.9. The highest BCUT2D eigenvalue weighted by Crippen LogP contribution is 2.25. The first-order valence-electron chi connectivity index (χ1n) is 12.4. The lowest BCUT2D eigenvalue weighted by atomic mass is 10.00. The zero-order valence-corrected chi connectivity index (χ0v) is 22.1. The summed E-state index contributed by atoms with van der Waals surface area (Å²) < 4.78 is 6.52.